The fourth-order valence-electron chi connectivity index (χ4n) is 2.92. The molecule has 0 unspecified atom stereocenters. The van der Waals surface area contributed by atoms with E-state index in [9.17, 15) is 14.3 Å². The molecule has 0 spiro atoms. The molecule has 9 nitrogen and oxygen atoms in total. The van der Waals surface area contributed by atoms with Crippen LogP contribution in [-0.4, -0.2) is 64.3 Å². The fourth-order valence-corrected chi connectivity index (χ4v) is 3.44. The number of aromatic carboxylic acids is 1. The summed E-state index contributed by atoms with van der Waals surface area (Å²) in [6.07, 6.45) is 0. The van der Waals surface area contributed by atoms with Gasteiger partial charge in [-0.05, 0) is 18.2 Å². The number of fused-ring (bicyclic) bond motifs is 1. The van der Waals surface area contributed by atoms with Crippen molar-refractivity contribution in [2.75, 3.05) is 44.4 Å². The molecular formula is C18H17FN4O5S. The average molecular weight is 420 g/mol. The molecule has 3 aromatic rings. The molecule has 0 bridgehead atoms. The van der Waals surface area contributed by atoms with Crippen molar-refractivity contribution < 1.29 is 28.5 Å². The second-order valence-corrected chi connectivity index (χ2v) is 6.69. The highest BCUT2D eigenvalue weighted by Crippen LogP contribution is 2.28. The molecular weight excluding hydrogens is 403 g/mol. The SMILES string of the molecule is O=C(O)c1cc(OCCOc2nsnc2N2CCOCC2)c2cc(F)ccc2n1. The van der Waals surface area contributed by atoms with Gasteiger partial charge < -0.3 is 24.2 Å². The number of aromatic nitrogens is 3. The van der Waals surface area contributed by atoms with Crippen molar-refractivity contribution in [2.45, 2.75) is 0 Å². The summed E-state index contributed by atoms with van der Waals surface area (Å²) >= 11 is 1.06. The van der Waals surface area contributed by atoms with Crippen LogP contribution in [0, 0.1) is 5.82 Å². The van der Waals surface area contributed by atoms with Crippen molar-refractivity contribution in [3.8, 4) is 11.6 Å². The fraction of sp³-hybridized carbons (Fsp3) is 0.333. The summed E-state index contributed by atoms with van der Waals surface area (Å²) in [6, 6.07) is 5.16. The predicted octanol–water partition coefficient (Wildman–Crippen LogP) is 2.22. The van der Waals surface area contributed by atoms with Gasteiger partial charge in [-0.25, -0.2) is 14.2 Å². The minimum atomic E-state index is -1.19. The van der Waals surface area contributed by atoms with E-state index in [0.717, 1.165) is 11.7 Å². The minimum Gasteiger partial charge on any atom is -0.489 e. The number of nitrogens with zero attached hydrogens (tertiary/aromatic N) is 4. The van der Waals surface area contributed by atoms with Crippen LogP contribution in [0.1, 0.15) is 10.5 Å². The van der Waals surface area contributed by atoms with Crippen LogP contribution in [-0.2, 0) is 4.74 Å². The largest absolute Gasteiger partial charge is 0.489 e. The molecule has 1 N–H and O–H groups in total. The zero-order valence-corrected chi connectivity index (χ0v) is 16.0. The first kappa shape index (κ1) is 19.3. The van der Waals surface area contributed by atoms with E-state index < -0.39 is 11.8 Å². The Kier molecular flexibility index (Phi) is 5.67. The Morgan fingerprint density at radius 1 is 1.21 bits per heavy atom. The van der Waals surface area contributed by atoms with Crippen LogP contribution in [0.4, 0.5) is 10.2 Å². The van der Waals surface area contributed by atoms with Gasteiger partial charge in [0.15, 0.2) is 5.69 Å². The normalized spacial score (nSPS) is 14.2. The molecule has 0 radical (unpaired) electrons. The van der Waals surface area contributed by atoms with Crippen molar-refractivity contribution in [3.63, 3.8) is 0 Å². The van der Waals surface area contributed by atoms with Gasteiger partial charge in [-0.1, -0.05) is 0 Å². The number of hydrogen-bond acceptors (Lipinski definition) is 9. The molecule has 1 aliphatic rings. The summed E-state index contributed by atoms with van der Waals surface area (Å²) in [6.45, 7) is 2.93. The molecule has 1 saturated heterocycles. The Balaban J connectivity index is 1.44. The number of ether oxygens (including phenoxy) is 3. The van der Waals surface area contributed by atoms with Crippen LogP contribution in [0.15, 0.2) is 24.3 Å². The van der Waals surface area contributed by atoms with E-state index in [1.807, 2.05) is 4.90 Å². The number of rotatable bonds is 7. The lowest BCUT2D eigenvalue weighted by Crippen LogP contribution is -2.36. The number of pyridine rings is 1. The zero-order chi connectivity index (χ0) is 20.2. The van der Waals surface area contributed by atoms with E-state index in [1.165, 1.54) is 24.3 Å². The smallest absolute Gasteiger partial charge is 0.354 e. The maximum absolute atomic E-state index is 13.6. The number of anilines is 1. The Hall–Kier alpha value is -3.05. The number of halogens is 1. The predicted molar refractivity (Wildman–Crippen MR) is 103 cm³/mol. The number of carboxylic acid groups (broad SMARTS) is 1. The summed E-state index contributed by atoms with van der Waals surface area (Å²) in [7, 11) is 0. The van der Waals surface area contributed by atoms with E-state index in [2.05, 4.69) is 13.7 Å². The molecule has 1 fully saturated rings. The van der Waals surface area contributed by atoms with Gasteiger partial charge in [-0.3, -0.25) is 0 Å². The third-order valence-electron chi connectivity index (χ3n) is 4.28. The zero-order valence-electron chi connectivity index (χ0n) is 15.2. The van der Waals surface area contributed by atoms with Crippen LogP contribution < -0.4 is 14.4 Å². The number of morpholine rings is 1. The highest BCUT2D eigenvalue weighted by atomic mass is 32.1. The topological polar surface area (TPSA) is 107 Å². The standard InChI is InChI=1S/C18H17FN4O5S/c19-11-1-2-13-12(9-11)15(10-14(20-13)18(24)25)27-7-8-28-17-16(21-29-22-17)23-3-5-26-6-4-23/h1-2,9-10H,3-8H2,(H,24,25). The van der Waals surface area contributed by atoms with E-state index >= 15 is 0 Å². The highest BCUT2D eigenvalue weighted by Gasteiger charge is 2.20. The number of benzene rings is 1. The van der Waals surface area contributed by atoms with E-state index in [-0.39, 0.29) is 24.7 Å². The van der Waals surface area contributed by atoms with E-state index in [0.29, 0.717) is 48.9 Å². The first-order valence-electron chi connectivity index (χ1n) is 8.86. The maximum Gasteiger partial charge on any atom is 0.354 e. The molecule has 11 heteroatoms. The lowest BCUT2D eigenvalue weighted by molar-refractivity contribution is 0.0690. The van der Waals surface area contributed by atoms with Crippen molar-refractivity contribution in [1.29, 1.82) is 0 Å². The monoisotopic (exact) mass is 420 g/mol. The van der Waals surface area contributed by atoms with Gasteiger partial charge in [0.2, 0.25) is 5.82 Å². The lowest BCUT2D eigenvalue weighted by Gasteiger charge is -2.26. The Bertz CT molecular complexity index is 1020. The van der Waals surface area contributed by atoms with Gasteiger partial charge in [0.25, 0.3) is 5.88 Å². The average Bonchev–Trinajstić information content (AvgIpc) is 3.20. The summed E-state index contributed by atoms with van der Waals surface area (Å²) in [4.78, 5) is 17.3. The van der Waals surface area contributed by atoms with Gasteiger partial charge in [0.1, 0.15) is 24.8 Å². The molecule has 3 heterocycles. The molecule has 29 heavy (non-hydrogen) atoms. The first-order valence-corrected chi connectivity index (χ1v) is 9.59. The lowest BCUT2D eigenvalue weighted by atomic mass is 10.1. The number of carboxylic acids is 1. The van der Waals surface area contributed by atoms with Gasteiger partial charge in [-0.15, -0.1) is 4.37 Å². The third kappa shape index (κ3) is 4.35. The second kappa shape index (κ2) is 8.53. The van der Waals surface area contributed by atoms with E-state index in [1.54, 1.807) is 0 Å². The molecule has 0 amide bonds. The summed E-state index contributed by atoms with van der Waals surface area (Å²) in [5.41, 5.74) is 0.152. The molecule has 0 atom stereocenters. The van der Waals surface area contributed by atoms with E-state index in [4.69, 9.17) is 14.2 Å². The summed E-state index contributed by atoms with van der Waals surface area (Å²) in [5, 5.41) is 9.62. The first-order chi connectivity index (χ1) is 14.1. The van der Waals surface area contributed by atoms with Gasteiger partial charge >= 0.3 is 5.97 Å². The quantitative estimate of drug-likeness (QED) is 0.576. The number of hydrogen-bond donors (Lipinski definition) is 1. The van der Waals surface area contributed by atoms with Crippen molar-refractivity contribution >= 4 is 34.4 Å². The summed E-state index contributed by atoms with van der Waals surface area (Å²) < 4.78 is 38.8. The van der Waals surface area contributed by atoms with Crippen LogP contribution in [0.2, 0.25) is 0 Å². The van der Waals surface area contributed by atoms with Crippen LogP contribution in [0.3, 0.4) is 0 Å². The van der Waals surface area contributed by atoms with Gasteiger partial charge in [-0.2, -0.15) is 4.37 Å². The molecule has 4 rings (SSSR count). The maximum atomic E-state index is 13.6. The molecule has 0 aliphatic carbocycles. The van der Waals surface area contributed by atoms with Crippen molar-refractivity contribution in [2.24, 2.45) is 0 Å². The number of carbonyl (C=O) groups is 1. The third-order valence-corrected chi connectivity index (χ3v) is 4.79. The molecule has 1 aromatic carbocycles. The molecule has 1 aliphatic heterocycles. The Morgan fingerprint density at radius 3 is 2.79 bits per heavy atom. The molecule has 152 valence electrons. The molecule has 2 aromatic heterocycles. The summed E-state index contributed by atoms with van der Waals surface area (Å²) in [5.74, 6) is -0.353. The highest BCUT2D eigenvalue weighted by molar-refractivity contribution is 6.99. The van der Waals surface area contributed by atoms with Crippen molar-refractivity contribution in [1.82, 2.24) is 13.7 Å². The van der Waals surface area contributed by atoms with Crippen LogP contribution in [0.5, 0.6) is 11.6 Å². The Labute approximate surface area is 169 Å². The van der Waals surface area contributed by atoms with Crippen LogP contribution >= 0.6 is 11.7 Å². The molecule has 0 saturated carbocycles. The van der Waals surface area contributed by atoms with Crippen molar-refractivity contribution in [3.05, 3.63) is 35.8 Å². The Morgan fingerprint density at radius 2 is 2.00 bits per heavy atom. The van der Waals surface area contributed by atoms with Gasteiger partial charge in [0.05, 0.1) is 30.5 Å². The minimum absolute atomic E-state index is 0.106. The van der Waals surface area contributed by atoms with Crippen LogP contribution in [0.25, 0.3) is 10.9 Å². The second-order valence-electron chi connectivity index (χ2n) is 6.16. The van der Waals surface area contributed by atoms with Gasteiger partial charge in [0, 0.05) is 24.5 Å².